The van der Waals surface area contributed by atoms with Crippen molar-refractivity contribution in [1.82, 2.24) is 5.32 Å². The summed E-state index contributed by atoms with van der Waals surface area (Å²) < 4.78 is 10.8. The van der Waals surface area contributed by atoms with E-state index in [9.17, 15) is 0 Å². The molecule has 0 bridgehead atoms. The van der Waals surface area contributed by atoms with Gasteiger partial charge in [-0.05, 0) is 41.7 Å². The number of halogens is 1. The van der Waals surface area contributed by atoms with Crippen molar-refractivity contribution in [2.24, 2.45) is 0 Å². The summed E-state index contributed by atoms with van der Waals surface area (Å²) >= 11 is 0. The maximum atomic E-state index is 5.38. The van der Waals surface area contributed by atoms with Crippen molar-refractivity contribution in [1.29, 1.82) is 0 Å². The molecular formula is C18H22ClNO2. The van der Waals surface area contributed by atoms with E-state index in [1.165, 1.54) is 16.7 Å². The first kappa shape index (κ1) is 16.7. The Morgan fingerprint density at radius 3 is 2.00 bits per heavy atom. The van der Waals surface area contributed by atoms with Crippen molar-refractivity contribution in [3.63, 3.8) is 0 Å². The zero-order valence-electron chi connectivity index (χ0n) is 13.0. The molecule has 3 nitrogen and oxygen atoms in total. The maximum Gasteiger partial charge on any atom is 0.161 e. The summed E-state index contributed by atoms with van der Waals surface area (Å²) in [6.07, 6.45) is 2.09. The molecule has 2 aromatic carbocycles. The van der Waals surface area contributed by atoms with Crippen LogP contribution in [0.2, 0.25) is 0 Å². The second-order valence-corrected chi connectivity index (χ2v) is 5.45. The molecule has 0 aliphatic heterocycles. The lowest BCUT2D eigenvalue weighted by molar-refractivity contribution is 0.354. The van der Waals surface area contributed by atoms with Gasteiger partial charge in [0.05, 0.1) is 14.2 Å². The van der Waals surface area contributed by atoms with Crippen LogP contribution in [-0.2, 0) is 19.4 Å². The van der Waals surface area contributed by atoms with Gasteiger partial charge >= 0.3 is 0 Å². The average Bonchev–Trinajstić information content (AvgIpc) is 2.94. The molecule has 0 saturated carbocycles. The molecule has 0 radical (unpaired) electrons. The van der Waals surface area contributed by atoms with Gasteiger partial charge in [0.1, 0.15) is 0 Å². The third kappa shape index (κ3) is 3.54. The number of hydrogen-bond acceptors (Lipinski definition) is 3. The molecule has 0 heterocycles. The van der Waals surface area contributed by atoms with Gasteiger partial charge in [-0.3, -0.25) is 0 Å². The number of rotatable bonds is 5. The summed E-state index contributed by atoms with van der Waals surface area (Å²) in [7, 11) is 3.37. The molecule has 118 valence electrons. The highest BCUT2D eigenvalue weighted by Crippen LogP contribution is 2.34. The largest absolute Gasteiger partial charge is 0.493 e. The number of benzene rings is 2. The average molecular weight is 320 g/mol. The normalized spacial score (nSPS) is 13.4. The standard InChI is InChI=1S/C18H21NO2.ClH/c1-20-17-10-14-8-16(9-15(14)11-18(17)21-2)19-12-13-6-4-3-5-7-13;/h3-7,10-11,16,19H,8-9,12H2,1-2H3;1H. The maximum absolute atomic E-state index is 5.38. The Morgan fingerprint density at radius 2 is 1.50 bits per heavy atom. The molecular weight excluding hydrogens is 298 g/mol. The molecule has 0 unspecified atom stereocenters. The van der Waals surface area contributed by atoms with Crippen molar-refractivity contribution in [3.8, 4) is 11.5 Å². The van der Waals surface area contributed by atoms with E-state index < -0.39 is 0 Å². The van der Waals surface area contributed by atoms with Crippen LogP contribution in [0.1, 0.15) is 16.7 Å². The minimum Gasteiger partial charge on any atom is -0.493 e. The zero-order valence-corrected chi connectivity index (χ0v) is 13.8. The van der Waals surface area contributed by atoms with Crippen LogP contribution in [0.25, 0.3) is 0 Å². The fourth-order valence-corrected chi connectivity index (χ4v) is 2.95. The number of hydrogen-bond donors (Lipinski definition) is 1. The Bertz CT molecular complexity index is 583. The Balaban J connectivity index is 0.00000176. The van der Waals surface area contributed by atoms with Crippen LogP contribution < -0.4 is 14.8 Å². The first-order valence-corrected chi connectivity index (χ1v) is 7.31. The van der Waals surface area contributed by atoms with Crippen LogP contribution in [0.3, 0.4) is 0 Å². The number of methoxy groups -OCH3 is 2. The first-order chi connectivity index (χ1) is 10.3. The van der Waals surface area contributed by atoms with Crippen LogP contribution in [0.5, 0.6) is 11.5 Å². The molecule has 0 spiro atoms. The highest BCUT2D eigenvalue weighted by molar-refractivity contribution is 5.85. The van der Waals surface area contributed by atoms with Gasteiger partial charge in [-0.1, -0.05) is 30.3 Å². The smallest absolute Gasteiger partial charge is 0.161 e. The Hall–Kier alpha value is -1.71. The lowest BCUT2D eigenvalue weighted by Crippen LogP contribution is -2.28. The van der Waals surface area contributed by atoms with Gasteiger partial charge in [0.25, 0.3) is 0 Å². The zero-order chi connectivity index (χ0) is 14.7. The molecule has 22 heavy (non-hydrogen) atoms. The molecule has 2 aromatic rings. The predicted molar refractivity (Wildman–Crippen MR) is 91.3 cm³/mol. The van der Waals surface area contributed by atoms with E-state index in [0.717, 1.165) is 30.9 Å². The SMILES string of the molecule is COc1cc2c(cc1OC)CC(NCc1ccccc1)C2.Cl. The summed E-state index contributed by atoms with van der Waals surface area (Å²) in [5, 5.41) is 3.64. The second-order valence-electron chi connectivity index (χ2n) is 5.45. The van der Waals surface area contributed by atoms with Crippen molar-refractivity contribution in [2.45, 2.75) is 25.4 Å². The quantitative estimate of drug-likeness (QED) is 0.916. The van der Waals surface area contributed by atoms with E-state index in [2.05, 4.69) is 41.7 Å². The monoisotopic (exact) mass is 319 g/mol. The molecule has 0 saturated heterocycles. The molecule has 0 fully saturated rings. The van der Waals surface area contributed by atoms with Crippen molar-refractivity contribution >= 4 is 12.4 Å². The van der Waals surface area contributed by atoms with E-state index >= 15 is 0 Å². The fourth-order valence-electron chi connectivity index (χ4n) is 2.95. The highest BCUT2D eigenvalue weighted by atomic mass is 35.5. The van der Waals surface area contributed by atoms with Crippen LogP contribution in [-0.4, -0.2) is 20.3 Å². The Kier molecular flexibility index (Phi) is 5.69. The molecule has 0 amide bonds. The molecule has 0 atom stereocenters. The number of ether oxygens (including phenoxy) is 2. The van der Waals surface area contributed by atoms with E-state index in [-0.39, 0.29) is 12.4 Å². The van der Waals surface area contributed by atoms with E-state index in [0.29, 0.717) is 6.04 Å². The van der Waals surface area contributed by atoms with Crippen molar-refractivity contribution in [2.75, 3.05) is 14.2 Å². The first-order valence-electron chi connectivity index (χ1n) is 7.31. The molecule has 0 aromatic heterocycles. The minimum absolute atomic E-state index is 0. The number of nitrogens with one attached hydrogen (secondary N) is 1. The highest BCUT2D eigenvalue weighted by Gasteiger charge is 2.23. The predicted octanol–water partition coefficient (Wildman–Crippen LogP) is 3.38. The molecule has 1 aliphatic carbocycles. The van der Waals surface area contributed by atoms with Gasteiger partial charge in [0.15, 0.2) is 11.5 Å². The molecule has 1 N–H and O–H groups in total. The second kappa shape index (κ2) is 7.52. The summed E-state index contributed by atoms with van der Waals surface area (Å²) in [5.74, 6) is 1.64. The van der Waals surface area contributed by atoms with Crippen LogP contribution in [0, 0.1) is 0 Å². The van der Waals surface area contributed by atoms with Crippen LogP contribution >= 0.6 is 12.4 Å². The van der Waals surface area contributed by atoms with Crippen molar-refractivity contribution in [3.05, 3.63) is 59.2 Å². The van der Waals surface area contributed by atoms with Crippen LogP contribution in [0.4, 0.5) is 0 Å². The van der Waals surface area contributed by atoms with E-state index in [4.69, 9.17) is 9.47 Å². The van der Waals surface area contributed by atoms with Gasteiger partial charge in [-0.15, -0.1) is 12.4 Å². The molecule has 3 rings (SSSR count). The van der Waals surface area contributed by atoms with Crippen molar-refractivity contribution < 1.29 is 9.47 Å². The summed E-state index contributed by atoms with van der Waals surface area (Å²) in [6, 6.07) is 15.2. The van der Waals surface area contributed by atoms with Gasteiger partial charge in [-0.2, -0.15) is 0 Å². The van der Waals surface area contributed by atoms with Gasteiger partial charge in [0, 0.05) is 12.6 Å². The van der Waals surface area contributed by atoms with Gasteiger partial charge in [-0.25, -0.2) is 0 Å². The third-order valence-electron chi connectivity index (χ3n) is 4.08. The Labute approximate surface area is 138 Å². The fraction of sp³-hybridized carbons (Fsp3) is 0.333. The van der Waals surface area contributed by atoms with Crippen LogP contribution in [0.15, 0.2) is 42.5 Å². The molecule has 4 heteroatoms. The van der Waals surface area contributed by atoms with E-state index in [1.54, 1.807) is 14.2 Å². The molecule has 1 aliphatic rings. The summed E-state index contributed by atoms with van der Waals surface area (Å²) in [5.41, 5.74) is 4.04. The summed E-state index contributed by atoms with van der Waals surface area (Å²) in [4.78, 5) is 0. The van der Waals surface area contributed by atoms with Gasteiger partial charge < -0.3 is 14.8 Å². The topological polar surface area (TPSA) is 30.5 Å². The lowest BCUT2D eigenvalue weighted by Gasteiger charge is -2.11. The lowest BCUT2D eigenvalue weighted by atomic mass is 10.1. The summed E-state index contributed by atoms with van der Waals surface area (Å²) in [6.45, 7) is 0.910. The van der Waals surface area contributed by atoms with Gasteiger partial charge in [0.2, 0.25) is 0 Å². The van der Waals surface area contributed by atoms with E-state index in [1.807, 2.05) is 6.07 Å². The Morgan fingerprint density at radius 1 is 0.955 bits per heavy atom. The number of fused-ring (bicyclic) bond motifs is 1. The minimum atomic E-state index is 0. The third-order valence-corrected chi connectivity index (χ3v) is 4.08.